The standard InChI is InChI=1S/C18H31N5O6/c1-9(2)14(22-15(25)10(3)19)16(26)21-11(6-7-13(20)24)17(27)23-8-4-5-12(23)18(28)29/h9-12,14H,4-8,19H2,1-3H3,(H2,20,24)(H,21,26)(H,22,25)(H,28,29). The number of carbonyl (C=O) groups is 5. The van der Waals surface area contributed by atoms with Crippen LogP contribution in [-0.4, -0.2) is 70.3 Å². The molecule has 1 aliphatic heterocycles. The Morgan fingerprint density at radius 1 is 1.10 bits per heavy atom. The summed E-state index contributed by atoms with van der Waals surface area (Å²) in [5, 5.41) is 14.4. The van der Waals surface area contributed by atoms with Crippen molar-refractivity contribution >= 4 is 29.6 Å². The van der Waals surface area contributed by atoms with Gasteiger partial charge in [-0.05, 0) is 32.1 Å². The molecule has 164 valence electrons. The van der Waals surface area contributed by atoms with Crippen molar-refractivity contribution in [2.45, 2.75) is 70.6 Å². The average molecular weight is 413 g/mol. The summed E-state index contributed by atoms with van der Waals surface area (Å²) in [5.74, 6) is -3.82. The van der Waals surface area contributed by atoms with Crippen LogP contribution in [0.5, 0.6) is 0 Å². The molecule has 0 aromatic heterocycles. The van der Waals surface area contributed by atoms with Crippen LogP contribution in [0, 0.1) is 5.92 Å². The average Bonchev–Trinajstić information content (AvgIpc) is 3.11. The Bertz CT molecular complexity index is 651. The molecule has 0 saturated carbocycles. The second-order valence-electron chi connectivity index (χ2n) is 7.61. The Morgan fingerprint density at radius 3 is 2.21 bits per heavy atom. The van der Waals surface area contributed by atoms with Gasteiger partial charge < -0.3 is 32.1 Å². The number of rotatable bonds is 10. The van der Waals surface area contributed by atoms with Crippen LogP contribution in [0.15, 0.2) is 0 Å². The van der Waals surface area contributed by atoms with E-state index >= 15 is 0 Å². The van der Waals surface area contributed by atoms with Gasteiger partial charge in [-0.15, -0.1) is 0 Å². The van der Waals surface area contributed by atoms with Crippen LogP contribution >= 0.6 is 0 Å². The fourth-order valence-electron chi connectivity index (χ4n) is 3.11. The largest absolute Gasteiger partial charge is 0.480 e. The number of carboxylic acids is 1. The number of carboxylic acid groups (broad SMARTS) is 1. The van der Waals surface area contributed by atoms with Gasteiger partial charge in [0.1, 0.15) is 18.1 Å². The van der Waals surface area contributed by atoms with Gasteiger partial charge in [0, 0.05) is 13.0 Å². The number of nitrogens with zero attached hydrogens (tertiary/aromatic N) is 1. The van der Waals surface area contributed by atoms with Crippen molar-refractivity contribution in [1.82, 2.24) is 15.5 Å². The highest BCUT2D eigenvalue weighted by Gasteiger charge is 2.38. The predicted octanol–water partition coefficient (Wildman–Crippen LogP) is -1.70. The van der Waals surface area contributed by atoms with Gasteiger partial charge in [-0.3, -0.25) is 19.2 Å². The second-order valence-corrected chi connectivity index (χ2v) is 7.61. The Morgan fingerprint density at radius 2 is 1.72 bits per heavy atom. The van der Waals surface area contributed by atoms with E-state index in [1.54, 1.807) is 13.8 Å². The smallest absolute Gasteiger partial charge is 0.326 e. The van der Waals surface area contributed by atoms with Crippen molar-refractivity contribution in [3.8, 4) is 0 Å². The molecule has 0 aliphatic carbocycles. The van der Waals surface area contributed by atoms with Gasteiger partial charge in [-0.2, -0.15) is 0 Å². The Labute approximate surface area is 169 Å². The molecule has 4 atom stereocenters. The number of nitrogens with two attached hydrogens (primary N) is 2. The molecule has 11 heteroatoms. The number of hydrogen-bond acceptors (Lipinski definition) is 6. The van der Waals surface area contributed by atoms with E-state index in [0.717, 1.165) is 0 Å². The molecule has 1 aliphatic rings. The van der Waals surface area contributed by atoms with Gasteiger partial charge in [0.05, 0.1) is 6.04 Å². The number of primary amides is 1. The number of hydrogen-bond donors (Lipinski definition) is 5. The lowest BCUT2D eigenvalue weighted by Gasteiger charge is -2.29. The molecule has 11 nitrogen and oxygen atoms in total. The summed E-state index contributed by atoms with van der Waals surface area (Å²) in [7, 11) is 0. The van der Waals surface area contributed by atoms with Crippen molar-refractivity contribution in [3.05, 3.63) is 0 Å². The minimum atomic E-state index is -1.14. The molecule has 4 amide bonds. The van der Waals surface area contributed by atoms with E-state index in [2.05, 4.69) is 10.6 Å². The van der Waals surface area contributed by atoms with Gasteiger partial charge in [-0.1, -0.05) is 13.8 Å². The third kappa shape index (κ3) is 7.00. The lowest BCUT2D eigenvalue weighted by molar-refractivity contribution is -0.149. The SMILES string of the molecule is CC(N)C(=O)NC(C(=O)NC(CCC(N)=O)C(=O)N1CCCC1C(=O)O)C(C)C. The number of carbonyl (C=O) groups excluding carboxylic acids is 4. The van der Waals surface area contributed by atoms with Gasteiger partial charge in [-0.25, -0.2) is 4.79 Å². The fourth-order valence-corrected chi connectivity index (χ4v) is 3.11. The van der Waals surface area contributed by atoms with Crippen LogP contribution in [0.4, 0.5) is 0 Å². The molecule has 29 heavy (non-hydrogen) atoms. The van der Waals surface area contributed by atoms with Crippen molar-refractivity contribution < 1.29 is 29.1 Å². The van der Waals surface area contributed by atoms with Gasteiger partial charge >= 0.3 is 5.97 Å². The Balaban J connectivity index is 2.99. The van der Waals surface area contributed by atoms with Crippen LogP contribution in [0.25, 0.3) is 0 Å². The normalized spacial score (nSPS) is 19.3. The monoisotopic (exact) mass is 413 g/mol. The van der Waals surface area contributed by atoms with Gasteiger partial charge in [0.15, 0.2) is 0 Å². The topological polar surface area (TPSA) is 185 Å². The quantitative estimate of drug-likeness (QED) is 0.282. The first-order chi connectivity index (χ1) is 13.5. The second kappa shape index (κ2) is 10.7. The summed E-state index contributed by atoms with van der Waals surface area (Å²) in [4.78, 5) is 61.4. The van der Waals surface area contributed by atoms with E-state index in [4.69, 9.17) is 11.5 Å². The maximum absolute atomic E-state index is 12.9. The highest BCUT2D eigenvalue weighted by atomic mass is 16.4. The van der Waals surface area contributed by atoms with E-state index < -0.39 is 53.8 Å². The Hall–Kier alpha value is -2.69. The van der Waals surface area contributed by atoms with Gasteiger partial charge in [0.2, 0.25) is 23.6 Å². The van der Waals surface area contributed by atoms with Crippen molar-refractivity contribution in [2.24, 2.45) is 17.4 Å². The summed E-state index contributed by atoms with van der Waals surface area (Å²) < 4.78 is 0. The molecular formula is C18H31N5O6. The van der Waals surface area contributed by atoms with Crippen molar-refractivity contribution in [1.29, 1.82) is 0 Å². The van der Waals surface area contributed by atoms with E-state index in [-0.39, 0.29) is 25.3 Å². The lowest BCUT2D eigenvalue weighted by Crippen LogP contribution is -2.58. The highest BCUT2D eigenvalue weighted by Crippen LogP contribution is 2.20. The van der Waals surface area contributed by atoms with E-state index in [9.17, 15) is 29.1 Å². The van der Waals surface area contributed by atoms with Gasteiger partial charge in [0.25, 0.3) is 0 Å². The highest BCUT2D eigenvalue weighted by molar-refractivity contribution is 5.94. The maximum atomic E-state index is 12.9. The van der Waals surface area contributed by atoms with Crippen LogP contribution < -0.4 is 22.1 Å². The third-order valence-electron chi connectivity index (χ3n) is 4.78. The number of aliphatic carboxylic acids is 1. The summed E-state index contributed by atoms with van der Waals surface area (Å²) in [6, 6.07) is -3.89. The molecule has 1 heterocycles. The summed E-state index contributed by atoms with van der Waals surface area (Å²) in [6.07, 6.45) is 0.602. The first kappa shape index (κ1) is 24.3. The van der Waals surface area contributed by atoms with Crippen molar-refractivity contribution in [2.75, 3.05) is 6.54 Å². The van der Waals surface area contributed by atoms with Crippen LogP contribution in [-0.2, 0) is 24.0 Å². The fraction of sp³-hybridized carbons (Fsp3) is 0.722. The predicted molar refractivity (Wildman–Crippen MR) is 103 cm³/mol. The molecule has 0 spiro atoms. The molecule has 1 fully saturated rings. The zero-order chi connectivity index (χ0) is 22.3. The molecule has 0 aromatic carbocycles. The molecule has 7 N–H and O–H groups in total. The van der Waals surface area contributed by atoms with E-state index in [1.165, 1.54) is 11.8 Å². The summed E-state index contributed by atoms with van der Waals surface area (Å²) in [5.41, 5.74) is 10.7. The zero-order valence-electron chi connectivity index (χ0n) is 17.0. The third-order valence-corrected chi connectivity index (χ3v) is 4.78. The molecule has 0 radical (unpaired) electrons. The minimum Gasteiger partial charge on any atom is -0.480 e. The molecule has 0 bridgehead atoms. The molecule has 1 saturated heterocycles. The minimum absolute atomic E-state index is 0.0746. The lowest BCUT2D eigenvalue weighted by atomic mass is 10.0. The molecule has 4 unspecified atom stereocenters. The van der Waals surface area contributed by atoms with Crippen LogP contribution in [0.2, 0.25) is 0 Å². The first-order valence-corrected chi connectivity index (χ1v) is 9.63. The molecule has 1 rings (SSSR count). The number of nitrogens with one attached hydrogen (secondary N) is 2. The van der Waals surface area contributed by atoms with Crippen LogP contribution in [0.1, 0.15) is 46.5 Å². The molecular weight excluding hydrogens is 382 g/mol. The van der Waals surface area contributed by atoms with E-state index in [0.29, 0.717) is 12.8 Å². The zero-order valence-corrected chi connectivity index (χ0v) is 17.0. The first-order valence-electron chi connectivity index (χ1n) is 9.63. The Kier molecular flexibility index (Phi) is 9.02. The number of likely N-dealkylation sites (tertiary alicyclic amines) is 1. The maximum Gasteiger partial charge on any atom is 0.326 e. The van der Waals surface area contributed by atoms with E-state index in [1.807, 2.05) is 0 Å². The van der Waals surface area contributed by atoms with Crippen LogP contribution in [0.3, 0.4) is 0 Å². The summed E-state index contributed by atoms with van der Waals surface area (Å²) in [6.45, 7) is 5.15. The summed E-state index contributed by atoms with van der Waals surface area (Å²) >= 11 is 0. The number of amides is 4. The van der Waals surface area contributed by atoms with Crippen molar-refractivity contribution in [3.63, 3.8) is 0 Å². The molecule has 0 aromatic rings.